The van der Waals surface area contributed by atoms with E-state index in [1.165, 1.54) is 6.92 Å². The summed E-state index contributed by atoms with van der Waals surface area (Å²) >= 11 is 0. The number of hydrogen-bond donors (Lipinski definition) is 1. The minimum absolute atomic E-state index is 0.243. The molecule has 0 aliphatic heterocycles. The van der Waals surface area contributed by atoms with Crippen LogP contribution in [0.1, 0.15) is 19.8 Å². The van der Waals surface area contributed by atoms with Crippen molar-refractivity contribution in [3.8, 4) is 0 Å². The van der Waals surface area contributed by atoms with Crippen LogP contribution in [0.25, 0.3) is 0 Å². The van der Waals surface area contributed by atoms with Gasteiger partial charge in [-0.1, -0.05) is 6.92 Å². The van der Waals surface area contributed by atoms with Crippen molar-refractivity contribution in [3.05, 3.63) is 0 Å². The van der Waals surface area contributed by atoms with E-state index in [9.17, 15) is 8.78 Å². The monoisotopic (exact) mass is 136 g/mol. The van der Waals surface area contributed by atoms with Gasteiger partial charge < -0.3 is 5.11 Å². The van der Waals surface area contributed by atoms with E-state index in [4.69, 9.17) is 5.11 Å². The second kappa shape index (κ2) is 1.90. The predicted molar refractivity (Wildman–Crippen MR) is 29.4 cm³/mol. The lowest BCUT2D eigenvalue weighted by Gasteiger charge is -2.12. The number of halogens is 2. The molecule has 1 N–H and O–H groups in total. The van der Waals surface area contributed by atoms with E-state index in [1.54, 1.807) is 0 Å². The van der Waals surface area contributed by atoms with Crippen LogP contribution in [0.5, 0.6) is 0 Å². The highest BCUT2D eigenvalue weighted by atomic mass is 19.3. The Morgan fingerprint density at radius 2 is 2.11 bits per heavy atom. The third-order valence-corrected chi connectivity index (χ3v) is 1.85. The molecule has 0 aromatic rings. The minimum atomic E-state index is -2.63. The average Bonchev–Trinajstić information content (AvgIpc) is 1.79. The van der Waals surface area contributed by atoms with Crippen LogP contribution in [-0.4, -0.2) is 17.1 Å². The van der Waals surface area contributed by atoms with Gasteiger partial charge in [-0.05, 0) is 6.42 Å². The van der Waals surface area contributed by atoms with E-state index < -0.39 is 17.9 Å². The summed E-state index contributed by atoms with van der Waals surface area (Å²) in [5.74, 6) is -3.27. The lowest BCUT2D eigenvalue weighted by molar-refractivity contribution is -0.0360. The van der Waals surface area contributed by atoms with E-state index in [0.29, 0.717) is 0 Å². The number of aliphatic hydroxyl groups excluding tert-OH is 1. The van der Waals surface area contributed by atoms with Gasteiger partial charge in [-0.15, -0.1) is 0 Å². The van der Waals surface area contributed by atoms with Gasteiger partial charge in [0.2, 0.25) is 0 Å². The molecule has 0 saturated heterocycles. The minimum Gasteiger partial charge on any atom is -0.393 e. The summed E-state index contributed by atoms with van der Waals surface area (Å²) in [5.41, 5.74) is 0. The molecule has 1 fully saturated rings. The van der Waals surface area contributed by atoms with Crippen LogP contribution in [0, 0.1) is 5.92 Å². The second-order valence-electron chi connectivity index (χ2n) is 2.76. The van der Waals surface area contributed by atoms with Gasteiger partial charge in [0, 0.05) is 12.3 Å². The van der Waals surface area contributed by atoms with Crippen LogP contribution in [0.3, 0.4) is 0 Å². The van der Waals surface area contributed by atoms with E-state index in [2.05, 4.69) is 0 Å². The summed E-state index contributed by atoms with van der Waals surface area (Å²) in [6.07, 6.45) is -0.892. The fourth-order valence-corrected chi connectivity index (χ4v) is 1.18. The smallest absolute Gasteiger partial charge is 0.253 e. The Morgan fingerprint density at radius 3 is 2.22 bits per heavy atom. The van der Waals surface area contributed by atoms with Gasteiger partial charge in [-0.25, -0.2) is 8.78 Å². The predicted octanol–water partition coefficient (Wildman–Crippen LogP) is 1.41. The Morgan fingerprint density at radius 1 is 1.56 bits per heavy atom. The SMILES string of the molecule is CC1CC(O)CC1(F)F. The molecule has 1 aliphatic carbocycles. The molecule has 0 amide bonds. The molecule has 2 unspecified atom stereocenters. The van der Waals surface area contributed by atoms with Crippen LogP contribution in [0.2, 0.25) is 0 Å². The Balaban J connectivity index is 2.58. The molecule has 1 aliphatic rings. The molecular weight excluding hydrogens is 126 g/mol. The number of rotatable bonds is 0. The zero-order chi connectivity index (χ0) is 7.07. The summed E-state index contributed by atoms with van der Waals surface area (Å²) in [6.45, 7) is 1.47. The fourth-order valence-electron chi connectivity index (χ4n) is 1.18. The molecule has 9 heavy (non-hydrogen) atoms. The maximum Gasteiger partial charge on any atom is 0.253 e. The molecule has 0 radical (unpaired) electrons. The summed E-state index contributed by atoms with van der Waals surface area (Å²) < 4.78 is 24.9. The van der Waals surface area contributed by atoms with Gasteiger partial charge in [0.05, 0.1) is 6.10 Å². The Bertz CT molecular complexity index is 114. The highest BCUT2D eigenvalue weighted by Crippen LogP contribution is 2.39. The Kier molecular flexibility index (Phi) is 1.47. The number of alkyl halides is 2. The lowest BCUT2D eigenvalue weighted by Crippen LogP contribution is -2.18. The lowest BCUT2D eigenvalue weighted by atomic mass is 10.1. The molecule has 1 nitrogen and oxygen atoms in total. The molecule has 3 heteroatoms. The molecule has 0 spiro atoms. The summed E-state index contributed by atoms with van der Waals surface area (Å²) in [4.78, 5) is 0. The zero-order valence-corrected chi connectivity index (χ0v) is 5.27. The Hall–Kier alpha value is -0.180. The maximum absolute atomic E-state index is 12.4. The first-order valence-electron chi connectivity index (χ1n) is 3.08. The topological polar surface area (TPSA) is 20.2 Å². The summed E-state index contributed by atoms with van der Waals surface area (Å²) in [6, 6.07) is 0. The van der Waals surface area contributed by atoms with E-state index in [0.717, 1.165) is 0 Å². The van der Waals surface area contributed by atoms with Crippen LogP contribution in [0.4, 0.5) is 8.78 Å². The van der Waals surface area contributed by atoms with Gasteiger partial charge in [0.1, 0.15) is 0 Å². The van der Waals surface area contributed by atoms with Gasteiger partial charge >= 0.3 is 0 Å². The fraction of sp³-hybridized carbons (Fsp3) is 1.00. The van der Waals surface area contributed by atoms with Gasteiger partial charge in [0.25, 0.3) is 5.92 Å². The first kappa shape index (κ1) is 6.93. The number of hydrogen-bond acceptors (Lipinski definition) is 1. The molecule has 0 heterocycles. The van der Waals surface area contributed by atoms with Crippen molar-refractivity contribution < 1.29 is 13.9 Å². The molecule has 0 aromatic carbocycles. The standard InChI is InChI=1S/C6H10F2O/c1-4-2-5(9)3-6(4,7)8/h4-5,9H,2-3H2,1H3. The van der Waals surface area contributed by atoms with Crippen molar-refractivity contribution in [1.29, 1.82) is 0 Å². The molecule has 1 saturated carbocycles. The zero-order valence-electron chi connectivity index (χ0n) is 5.27. The van der Waals surface area contributed by atoms with Crippen LogP contribution in [0.15, 0.2) is 0 Å². The van der Waals surface area contributed by atoms with E-state index in [-0.39, 0.29) is 12.8 Å². The number of aliphatic hydroxyl groups is 1. The van der Waals surface area contributed by atoms with Crippen molar-refractivity contribution in [2.45, 2.75) is 31.8 Å². The van der Waals surface area contributed by atoms with Gasteiger partial charge in [0.15, 0.2) is 0 Å². The maximum atomic E-state index is 12.4. The largest absolute Gasteiger partial charge is 0.393 e. The van der Waals surface area contributed by atoms with Gasteiger partial charge in [-0.2, -0.15) is 0 Å². The molecular formula is C6H10F2O. The third kappa shape index (κ3) is 1.21. The van der Waals surface area contributed by atoms with Crippen molar-refractivity contribution in [2.75, 3.05) is 0 Å². The molecule has 2 atom stereocenters. The summed E-state index contributed by atoms with van der Waals surface area (Å²) in [7, 11) is 0. The van der Waals surface area contributed by atoms with Crippen molar-refractivity contribution in [2.24, 2.45) is 5.92 Å². The third-order valence-electron chi connectivity index (χ3n) is 1.85. The quantitative estimate of drug-likeness (QED) is 0.533. The summed E-state index contributed by atoms with van der Waals surface area (Å²) in [5, 5.41) is 8.76. The average molecular weight is 136 g/mol. The van der Waals surface area contributed by atoms with Crippen molar-refractivity contribution in [3.63, 3.8) is 0 Å². The van der Waals surface area contributed by atoms with Gasteiger partial charge in [-0.3, -0.25) is 0 Å². The van der Waals surface area contributed by atoms with Crippen molar-refractivity contribution >= 4 is 0 Å². The first-order valence-corrected chi connectivity index (χ1v) is 3.08. The first-order chi connectivity index (χ1) is 4.02. The Labute approximate surface area is 52.7 Å². The highest BCUT2D eigenvalue weighted by molar-refractivity contribution is 4.86. The van der Waals surface area contributed by atoms with Crippen molar-refractivity contribution in [1.82, 2.24) is 0 Å². The van der Waals surface area contributed by atoms with E-state index >= 15 is 0 Å². The molecule has 0 aromatic heterocycles. The molecule has 54 valence electrons. The van der Waals surface area contributed by atoms with Crippen LogP contribution < -0.4 is 0 Å². The van der Waals surface area contributed by atoms with Crippen LogP contribution >= 0.6 is 0 Å². The van der Waals surface area contributed by atoms with Crippen LogP contribution in [-0.2, 0) is 0 Å². The highest BCUT2D eigenvalue weighted by Gasteiger charge is 2.45. The second-order valence-corrected chi connectivity index (χ2v) is 2.76. The molecule has 1 rings (SSSR count). The normalized spacial score (nSPS) is 41.3. The molecule has 0 bridgehead atoms. The van der Waals surface area contributed by atoms with E-state index in [1.807, 2.05) is 0 Å².